The highest BCUT2D eigenvalue weighted by molar-refractivity contribution is 7.92. The van der Waals surface area contributed by atoms with Gasteiger partial charge in [-0.2, -0.15) is 0 Å². The molecule has 0 spiro atoms. The van der Waals surface area contributed by atoms with Crippen molar-refractivity contribution in [3.8, 4) is 46.0 Å². The second-order valence-corrected chi connectivity index (χ2v) is 12.0. The van der Waals surface area contributed by atoms with E-state index in [2.05, 4.69) is 0 Å². The van der Waals surface area contributed by atoms with Crippen LogP contribution >= 0.6 is 0 Å². The molecule has 0 aliphatic rings. The van der Waals surface area contributed by atoms with Crippen molar-refractivity contribution in [3.05, 3.63) is 107 Å². The van der Waals surface area contributed by atoms with Gasteiger partial charge in [-0.25, -0.2) is 0 Å². The SMILES string of the molecule is COc1ccc(C(C=Cc2c(OC)cc(OC)cc2OC)[S+]([O-])C(C=Cc2c(OC)cc(OC)cc2OC)c2ccc(OC)cc2)cc1. The van der Waals surface area contributed by atoms with Gasteiger partial charge >= 0.3 is 0 Å². The summed E-state index contributed by atoms with van der Waals surface area (Å²) >= 11 is -1.58. The van der Waals surface area contributed by atoms with Gasteiger partial charge in [-0.05, 0) is 59.7 Å². The first-order valence-electron chi connectivity index (χ1n) is 15.0. The van der Waals surface area contributed by atoms with Gasteiger partial charge in [-0.15, -0.1) is 0 Å². The van der Waals surface area contributed by atoms with Gasteiger partial charge in [0, 0.05) is 35.4 Å². The summed E-state index contributed by atoms with van der Waals surface area (Å²) in [7, 11) is 12.7. The van der Waals surface area contributed by atoms with Gasteiger partial charge in [0.2, 0.25) is 0 Å². The third-order valence-electron chi connectivity index (χ3n) is 7.77. The van der Waals surface area contributed by atoms with Crippen LogP contribution in [0.2, 0.25) is 0 Å². The molecule has 4 rings (SSSR count). The number of ether oxygens (including phenoxy) is 8. The summed E-state index contributed by atoms with van der Waals surface area (Å²) in [4.78, 5) is 0. The fourth-order valence-electron chi connectivity index (χ4n) is 5.15. The van der Waals surface area contributed by atoms with Crippen LogP contribution < -0.4 is 37.9 Å². The van der Waals surface area contributed by atoms with Crippen LogP contribution in [0.4, 0.5) is 0 Å². The molecule has 254 valence electrons. The van der Waals surface area contributed by atoms with Crippen LogP contribution in [-0.4, -0.2) is 61.4 Å². The van der Waals surface area contributed by atoms with Gasteiger partial charge in [-0.3, -0.25) is 0 Å². The van der Waals surface area contributed by atoms with Crippen molar-refractivity contribution in [2.45, 2.75) is 10.5 Å². The van der Waals surface area contributed by atoms with Crippen LogP contribution in [-0.2, 0) is 11.2 Å². The number of benzene rings is 4. The van der Waals surface area contributed by atoms with E-state index >= 15 is 0 Å². The maximum Gasteiger partial charge on any atom is 0.160 e. The fraction of sp³-hybridized carbons (Fsp3) is 0.263. The van der Waals surface area contributed by atoms with Crippen molar-refractivity contribution in [2.75, 3.05) is 56.9 Å². The number of hydrogen-bond donors (Lipinski definition) is 0. The van der Waals surface area contributed by atoms with E-state index in [-0.39, 0.29) is 0 Å². The minimum absolute atomic E-state index is 0.548. The van der Waals surface area contributed by atoms with Crippen LogP contribution in [0.1, 0.15) is 32.8 Å². The second kappa shape index (κ2) is 17.3. The van der Waals surface area contributed by atoms with Crippen LogP contribution in [0.5, 0.6) is 46.0 Å². The average Bonchev–Trinajstić information content (AvgIpc) is 3.14. The van der Waals surface area contributed by atoms with E-state index in [4.69, 9.17) is 37.9 Å². The summed E-state index contributed by atoms with van der Waals surface area (Å²) in [6.45, 7) is 0. The topological polar surface area (TPSA) is 96.9 Å². The van der Waals surface area contributed by atoms with Crippen molar-refractivity contribution in [2.24, 2.45) is 0 Å². The first-order valence-corrected chi connectivity index (χ1v) is 16.3. The van der Waals surface area contributed by atoms with Crippen molar-refractivity contribution in [1.29, 1.82) is 0 Å². The summed E-state index contributed by atoms with van der Waals surface area (Å²) in [5.74, 6) is 4.75. The average molecular weight is 675 g/mol. The Balaban J connectivity index is 1.88. The fourth-order valence-corrected chi connectivity index (χ4v) is 6.79. The highest BCUT2D eigenvalue weighted by Gasteiger charge is 2.31. The first-order chi connectivity index (χ1) is 23.3. The molecule has 10 heteroatoms. The molecule has 48 heavy (non-hydrogen) atoms. The normalized spacial score (nSPS) is 13.1. The number of rotatable bonds is 16. The minimum Gasteiger partial charge on any atom is -0.615 e. The molecular formula is C38H42O9S. The van der Waals surface area contributed by atoms with Gasteiger partial charge in [0.1, 0.15) is 46.0 Å². The molecule has 0 N–H and O–H groups in total. The summed E-state index contributed by atoms with van der Waals surface area (Å²) in [5, 5.41) is -1.16. The van der Waals surface area contributed by atoms with E-state index in [0.29, 0.717) is 57.1 Å². The molecule has 0 aliphatic heterocycles. The van der Waals surface area contributed by atoms with E-state index in [0.717, 1.165) is 11.1 Å². The Labute approximate surface area is 285 Å². The first kappa shape index (κ1) is 35.9. The van der Waals surface area contributed by atoms with E-state index in [1.807, 2.05) is 72.8 Å². The van der Waals surface area contributed by atoms with Gasteiger partial charge in [-0.1, -0.05) is 24.3 Å². The predicted octanol–water partition coefficient (Wildman–Crippen LogP) is 7.71. The molecule has 2 unspecified atom stereocenters. The van der Waals surface area contributed by atoms with Gasteiger partial charge < -0.3 is 42.4 Å². The molecule has 0 saturated carbocycles. The molecule has 0 bridgehead atoms. The Kier molecular flexibility index (Phi) is 12.9. The van der Waals surface area contributed by atoms with Gasteiger partial charge in [0.15, 0.2) is 10.5 Å². The van der Waals surface area contributed by atoms with E-state index in [1.54, 1.807) is 81.1 Å². The lowest BCUT2D eigenvalue weighted by atomic mass is 10.1. The zero-order chi connectivity index (χ0) is 34.6. The molecule has 2 atom stereocenters. The molecule has 4 aromatic rings. The van der Waals surface area contributed by atoms with Crippen molar-refractivity contribution in [3.63, 3.8) is 0 Å². The minimum atomic E-state index is -1.58. The third-order valence-corrected chi connectivity index (χ3v) is 9.63. The summed E-state index contributed by atoms with van der Waals surface area (Å²) in [6.07, 6.45) is 7.55. The number of methoxy groups -OCH3 is 8. The molecule has 0 fully saturated rings. The van der Waals surface area contributed by atoms with Crippen LogP contribution in [0.3, 0.4) is 0 Å². The lowest BCUT2D eigenvalue weighted by Gasteiger charge is -2.26. The summed E-state index contributed by atoms with van der Waals surface area (Å²) in [5.41, 5.74) is 3.01. The Bertz CT molecular complexity index is 1510. The molecule has 9 nitrogen and oxygen atoms in total. The predicted molar refractivity (Wildman–Crippen MR) is 190 cm³/mol. The monoisotopic (exact) mass is 674 g/mol. The molecular weight excluding hydrogens is 632 g/mol. The Morgan fingerprint density at radius 3 is 0.979 bits per heavy atom. The van der Waals surface area contributed by atoms with E-state index < -0.39 is 21.7 Å². The van der Waals surface area contributed by atoms with Crippen molar-refractivity contribution in [1.82, 2.24) is 0 Å². The zero-order valence-corrected chi connectivity index (χ0v) is 29.3. The third kappa shape index (κ3) is 8.31. The van der Waals surface area contributed by atoms with Crippen LogP contribution in [0, 0.1) is 0 Å². The summed E-state index contributed by atoms with van der Waals surface area (Å²) in [6, 6.07) is 22.2. The maximum atomic E-state index is 15.0. The van der Waals surface area contributed by atoms with Gasteiger partial charge in [0.05, 0.1) is 68.0 Å². The van der Waals surface area contributed by atoms with Crippen LogP contribution in [0.15, 0.2) is 84.9 Å². The number of hydrogen-bond acceptors (Lipinski definition) is 9. The smallest absolute Gasteiger partial charge is 0.160 e. The molecule has 0 amide bonds. The molecule has 0 aliphatic carbocycles. The van der Waals surface area contributed by atoms with Crippen LogP contribution in [0.25, 0.3) is 12.2 Å². The quantitative estimate of drug-likeness (QED) is 0.111. The second-order valence-electron chi connectivity index (χ2n) is 10.3. The van der Waals surface area contributed by atoms with E-state index in [1.165, 1.54) is 0 Å². The molecule has 0 saturated heterocycles. The van der Waals surface area contributed by atoms with Crippen molar-refractivity contribution < 1.29 is 42.4 Å². The lowest BCUT2D eigenvalue weighted by Crippen LogP contribution is -2.19. The Hall–Kier alpha value is -4.93. The molecule has 0 heterocycles. The lowest BCUT2D eigenvalue weighted by molar-refractivity contribution is 0.374. The van der Waals surface area contributed by atoms with Gasteiger partial charge in [0.25, 0.3) is 0 Å². The Morgan fingerprint density at radius 2 is 0.729 bits per heavy atom. The Morgan fingerprint density at radius 1 is 0.438 bits per heavy atom. The highest BCUT2D eigenvalue weighted by atomic mass is 32.2. The highest BCUT2D eigenvalue weighted by Crippen LogP contribution is 2.42. The molecule has 4 aromatic carbocycles. The standard InChI is InChI=1S/C38H42O9S/c1-40-27-13-9-25(10-14-27)37(19-17-31-33(44-5)21-29(42-3)22-34(31)45-6)48(39)38(26-11-15-28(41-2)16-12-26)20-18-32-35(46-7)23-30(43-4)24-36(32)47-8/h9-24,37-38H,1-8H3. The molecule has 0 aromatic heterocycles. The zero-order valence-electron chi connectivity index (χ0n) is 28.5. The summed E-state index contributed by atoms with van der Waals surface area (Å²) < 4.78 is 59.4. The van der Waals surface area contributed by atoms with Crippen molar-refractivity contribution >= 4 is 23.3 Å². The maximum absolute atomic E-state index is 15.0. The van der Waals surface area contributed by atoms with E-state index in [9.17, 15) is 4.55 Å². The molecule has 0 radical (unpaired) electrons. The largest absolute Gasteiger partial charge is 0.615 e.